The molecular weight excluding hydrogens is 817 g/mol. The SMILES string of the molecule is CCn1c(-c2cccnc2[C@@H](OC)C2CS2)c2c3cc(ccc31)-c1csc(n1)C[C@H](SC(=O)[C@@H]1CCO[C@H]1c1ccncc1)C(=O)N1CCC[C@H](N1)C(=O)OCC(C)(C)C2. The van der Waals surface area contributed by atoms with E-state index in [0.717, 1.165) is 79.3 Å². The monoisotopic (exact) mass is 866 g/mol. The number of methoxy groups -OCH3 is 1. The lowest BCUT2D eigenvalue weighted by Gasteiger charge is -2.35. The first kappa shape index (κ1) is 41.2. The van der Waals surface area contributed by atoms with Gasteiger partial charge in [-0.05, 0) is 80.1 Å². The van der Waals surface area contributed by atoms with Gasteiger partial charge in [0.2, 0.25) is 0 Å². The molecule has 314 valence electrons. The Morgan fingerprint density at radius 3 is 2.75 bits per heavy atom. The molecule has 1 N–H and O–H groups in total. The zero-order valence-electron chi connectivity index (χ0n) is 34.3. The highest BCUT2D eigenvalue weighted by molar-refractivity contribution is 8.14. The average molecular weight is 867 g/mol. The molecule has 60 heavy (non-hydrogen) atoms. The van der Waals surface area contributed by atoms with Gasteiger partial charge < -0.3 is 18.8 Å². The summed E-state index contributed by atoms with van der Waals surface area (Å²) < 4.78 is 20.7. The van der Waals surface area contributed by atoms with E-state index in [0.29, 0.717) is 44.1 Å². The molecule has 9 rings (SSSR count). The van der Waals surface area contributed by atoms with Gasteiger partial charge in [0.15, 0.2) is 5.12 Å². The molecule has 1 aromatic carbocycles. The number of cyclic esters (lactones) is 1. The highest BCUT2D eigenvalue weighted by atomic mass is 32.2. The second-order valence-corrected chi connectivity index (χ2v) is 20.2. The van der Waals surface area contributed by atoms with Gasteiger partial charge in [0.25, 0.3) is 5.91 Å². The molecular formula is C45H50N6O6S3. The van der Waals surface area contributed by atoms with Gasteiger partial charge in [0.05, 0.1) is 46.0 Å². The molecule has 12 nitrogen and oxygen atoms in total. The molecule has 4 aliphatic heterocycles. The Labute approximate surface area is 362 Å². The number of hydrogen-bond donors (Lipinski definition) is 1. The van der Waals surface area contributed by atoms with Crippen LogP contribution in [0.15, 0.2) is 66.4 Å². The largest absolute Gasteiger partial charge is 0.464 e. The molecule has 15 heteroatoms. The van der Waals surface area contributed by atoms with Crippen molar-refractivity contribution in [2.24, 2.45) is 11.3 Å². The second kappa shape index (κ2) is 17.3. The fourth-order valence-corrected chi connectivity index (χ4v) is 11.7. The van der Waals surface area contributed by atoms with Crippen LogP contribution in [0, 0.1) is 11.3 Å². The van der Waals surface area contributed by atoms with Crippen LogP contribution in [0.25, 0.3) is 33.4 Å². The van der Waals surface area contributed by atoms with E-state index in [-0.39, 0.29) is 30.2 Å². The lowest BCUT2D eigenvalue weighted by Crippen LogP contribution is -2.57. The third kappa shape index (κ3) is 8.28. The number of hydrogen-bond acceptors (Lipinski definition) is 13. The number of thiazole rings is 1. The van der Waals surface area contributed by atoms with Gasteiger partial charge in [-0.3, -0.25) is 29.4 Å². The van der Waals surface area contributed by atoms with Crippen molar-refractivity contribution in [1.82, 2.24) is 30.0 Å². The Bertz CT molecular complexity index is 2400. The van der Waals surface area contributed by atoms with Crippen LogP contribution in [0.5, 0.6) is 0 Å². The van der Waals surface area contributed by atoms with Crippen molar-refractivity contribution >= 4 is 62.8 Å². The van der Waals surface area contributed by atoms with Gasteiger partial charge in [-0.25, -0.2) is 10.4 Å². The van der Waals surface area contributed by atoms with Crippen molar-refractivity contribution in [3.63, 3.8) is 0 Å². The summed E-state index contributed by atoms with van der Waals surface area (Å²) in [6.45, 7) is 8.22. The number of nitrogens with zero attached hydrogens (tertiary/aromatic N) is 5. The number of carbonyl (C=O) groups is 3. The zero-order chi connectivity index (χ0) is 41.5. The highest BCUT2D eigenvalue weighted by Gasteiger charge is 2.41. The predicted molar refractivity (Wildman–Crippen MR) is 235 cm³/mol. The van der Waals surface area contributed by atoms with Gasteiger partial charge in [-0.15, -0.1) is 11.3 Å². The second-order valence-electron chi connectivity index (χ2n) is 16.8. The van der Waals surface area contributed by atoms with Gasteiger partial charge in [0.1, 0.15) is 12.1 Å². The van der Waals surface area contributed by atoms with E-state index in [1.165, 1.54) is 16.3 Å². The quantitative estimate of drug-likeness (QED) is 0.121. The molecule has 0 spiro atoms. The van der Waals surface area contributed by atoms with Crippen molar-refractivity contribution in [2.75, 3.05) is 32.6 Å². The Hall–Kier alpha value is -4.12. The number of aryl methyl sites for hydroxylation is 1. The van der Waals surface area contributed by atoms with Crippen LogP contribution in [0.3, 0.4) is 0 Å². The van der Waals surface area contributed by atoms with Crippen molar-refractivity contribution < 1.29 is 28.6 Å². The number of benzene rings is 1. The molecule has 6 atom stereocenters. The van der Waals surface area contributed by atoms with E-state index in [1.807, 2.05) is 41.5 Å². The normalized spacial score (nSPS) is 24.9. The lowest BCUT2D eigenvalue weighted by atomic mass is 9.84. The molecule has 0 radical (unpaired) electrons. The van der Waals surface area contributed by atoms with Gasteiger partial charge >= 0.3 is 5.97 Å². The van der Waals surface area contributed by atoms with Gasteiger partial charge in [0, 0.05) is 95.6 Å². The highest BCUT2D eigenvalue weighted by Crippen LogP contribution is 2.47. The van der Waals surface area contributed by atoms with Crippen LogP contribution in [0.1, 0.15) is 74.1 Å². The fraction of sp³-hybridized carbons (Fsp3) is 0.467. The number of rotatable bonds is 8. The standard InChI is InChI=1S/C45H50N6O6S3/c1-5-50-34-11-10-27-20-30(34)31(39(50)28-8-6-15-47-38(28)41(55-4)36-24-58-36)22-45(2,3)25-57-43(53)32-9-7-18-51(49-32)42(52)35(21-37-48-33(27)23-59-37)60-44(54)29-14-19-56-40(29)26-12-16-46-17-13-26/h6,8,10-13,15-17,20,23,29,32,35-36,40-41,49H,5,7,9,14,18-19,21-22,24-25H2,1-4H3/t29-,32+,35+,36?,40+,41+/m1/s1. The van der Waals surface area contributed by atoms with E-state index in [4.69, 9.17) is 24.2 Å². The number of nitrogens with one attached hydrogen (secondary N) is 1. The van der Waals surface area contributed by atoms with E-state index >= 15 is 0 Å². The third-order valence-corrected chi connectivity index (χ3v) is 15.0. The van der Waals surface area contributed by atoms with E-state index < -0.39 is 34.7 Å². The zero-order valence-corrected chi connectivity index (χ0v) is 36.7. The molecule has 3 fully saturated rings. The van der Waals surface area contributed by atoms with E-state index in [1.54, 1.807) is 19.5 Å². The summed E-state index contributed by atoms with van der Waals surface area (Å²) >= 11 is 4.44. The maximum absolute atomic E-state index is 14.5. The van der Waals surface area contributed by atoms with Crippen LogP contribution in [0.4, 0.5) is 0 Å². The molecule has 0 aliphatic carbocycles. The molecule has 5 aromatic rings. The van der Waals surface area contributed by atoms with Crippen LogP contribution >= 0.6 is 34.9 Å². The fourth-order valence-electron chi connectivity index (χ4n) is 8.91. The van der Waals surface area contributed by atoms with Crippen LogP contribution < -0.4 is 5.43 Å². The predicted octanol–water partition coefficient (Wildman–Crippen LogP) is 7.61. The summed E-state index contributed by atoms with van der Waals surface area (Å²) in [5.74, 6) is -0.0288. The molecule has 1 amide bonds. The molecule has 8 heterocycles. The Morgan fingerprint density at radius 1 is 1.13 bits per heavy atom. The van der Waals surface area contributed by atoms with E-state index in [9.17, 15) is 14.4 Å². The summed E-state index contributed by atoms with van der Waals surface area (Å²) in [4.78, 5) is 56.7. The number of fused-ring (bicyclic) bond motifs is 6. The minimum Gasteiger partial charge on any atom is -0.464 e. The number of thioether (sulfide) groups is 2. The minimum atomic E-state index is -0.774. The van der Waals surface area contributed by atoms with Crippen LogP contribution in [0.2, 0.25) is 0 Å². The number of carbonyl (C=O) groups excluding carboxylic acids is 3. The number of aromatic nitrogens is 4. The van der Waals surface area contributed by atoms with Crippen molar-refractivity contribution in [3.8, 4) is 22.5 Å². The molecule has 6 bridgehead atoms. The summed E-state index contributed by atoms with van der Waals surface area (Å²) in [5, 5.41) is 4.91. The summed E-state index contributed by atoms with van der Waals surface area (Å²) in [5.41, 5.74) is 10.7. The van der Waals surface area contributed by atoms with Crippen molar-refractivity contribution in [2.45, 2.75) is 88.2 Å². The summed E-state index contributed by atoms with van der Waals surface area (Å²) in [6, 6.07) is 13.7. The maximum Gasteiger partial charge on any atom is 0.324 e. The number of ether oxygens (including phenoxy) is 3. The Morgan fingerprint density at radius 2 is 1.97 bits per heavy atom. The molecule has 4 aromatic heterocycles. The Balaban J connectivity index is 1.12. The average Bonchev–Trinajstić information content (AvgIpc) is 3.64. The summed E-state index contributed by atoms with van der Waals surface area (Å²) in [7, 11) is 1.77. The van der Waals surface area contributed by atoms with Crippen LogP contribution in [-0.4, -0.2) is 90.7 Å². The lowest BCUT2D eigenvalue weighted by molar-refractivity contribution is -0.154. The smallest absolute Gasteiger partial charge is 0.324 e. The first-order valence-corrected chi connectivity index (χ1v) is 23.6. The summed E-state index contributed by atoms with van der Waals surface area (Å²) in [6.07, 6.45) is 7.29. The number of amides is 1. The first-order valence-electron chi connectivity index (χ1n) is 20.8. The van der Waals surface area contributed by atoms with Crippen molar-refractivity contribution in [3.05, 3.63) is 88.3 Å². The molecule has 0 saturated carbocycles. The Kier molecular flexibility index (Phi) is 11.9. The number of pyridine rings is 2. The van der Waals surface area contributed by atoms with Crippen molar-refractivity contribution in [1.29, 1.82) is 0 Å². The molecule has 4 aliphatic rings. The topological polar surface area (TPSA) is 138 Å². The van der Waals surface area contributed by atoms with E-state index in [2.05, 4.69) is 60.0 Å². The van der Waals surface area contributed by atoms with Crippen LogP contribution in [-0.2, 0) is 48.0 Å². The molecule has 1 unspecified atom stereocenters. The van der Waals surface area contributed by atoms with Gasteiger partial charge in [-0.1, -0.05) is 31.7 Å². The first-order chi connectivity index (χ1) is 29.1. The third-order valence-electron chi connectivity index (χ3n) is 12.0. The van der Waals surface area contributed by atoms with Gasteiger partial charge in [-0.2, -0.15) is 11.8 Å². The number of hydrazine groups is 1. The molecule has 3 saturated heterocycles. The number of esters is 1. The maximum atomic E-state index is 14.5. The minimum absolute atomic E-state index is 0.0968.